The second kappa shape index (κ2) is 7.67. The fourth-order valence-electron chi connectivity index (χ4n) is 3.86. The van der Waals surface area contributed by atoms with E-state index in [9.17, 15) is 0 Å². The van der Waals surface area contributed by atoms with Gasteiger partial charge in [-0.1, -0.05) is 18.2 Å². The molecule has 156 valence electrons. The predicted octanol–water partition coefficient (Wildman–Crippen LogP) is 5.36. The molecule has 5 rings (SSSR count). The van der Waals surface area contributed by atoms with E-state index >= 15 is 0 Å². The SMILES string of the molecule is COc1cccc(Nc2ccc(C3=NCc4nnc(C)n4-c4sc(C)c(C)c43)cc2)c1. The molecule has 6 nitrogen and oxygen atoms in total. The number of hydrogen-bond donors (Lipinski definition) is 1. The standard InChI is InChI=1S/C24H23N5OS/c1-14-15(2)31-24-22(14)23(25-13-21-28-27-16(3)29(21)24)17-8-10-18(11-9-17)26-19-6-5-7-20(12-19)30-4/h5-12,26H,13H2,1-4H3. The van der Waals surface area contributed by atoms with Crippen molar-refractivity contribution in [3.05, 3.63) is 81.7 Å². The third-order valence-electron chi connectivity index (χ3n) is 5.59. The number of ether oxygens (including phenoxy) is 1. The highest BCUT2D eigenvalue weighted by Gasteiger charge is 2.26. The van der Waals surface area contributed by atoms with Crippen LogP contribution in [-0.2, 0) is 6.54 Å². The van der Waals surface area contributed by atoms with Gasteiger partial charge in [0, 0.05) is 33.4 Å². The van der Waals surface area contributed by atoms with Crippen LogP contribution in [0.5, 0.6) is 5.75 Å². The summed E-state index contributed by atoms with van der Waals surface area (Å²) in [6, 6.07) is 16.3. The van der Waals surface area contributed by atoms with Gasteiger partial charge in [-0.15, -0.1) is 21.5 Å². The Morgan fingerprint density at radius 3 is 2.58 bits per heavy atom. The molecule has 31 heavy (non-hydrogen) atoms. The van der Waals surface area contributed by atoms with Gasteiger partial charge in [0.15, 0.2) is 5.82 Å². The van der Waals surface area contributed by atoms with Gasteiger partial charge >= 0.3 is 0 Å². The van der Waals surface area contributed by atoms with E-state index in [0.717, 1.165) is 45.0 Å². The van der Waals surface area contributed by atoms with Crippen LogP contribution in [0.4, 0.5) is 11.4 Å². The first kappa shape index (κ1) is 19.5. The number of rotatable bonds is 4. The van der Waals surface area contributed by atoms with Crippen molar-refractivity contribution in [2.45, 2.75) is 27.3 Å². The highest BCUT2D eigenvalue weighted by atomic mass is 32.1. The van der Waals surface area contributed by atoms with Gasteiger partial charge in [0.1, 0.15) is 23.1 Å². The van der Waals surface area contributed by atoms with Crippen molar-refractivity contribution in [1.82, 2.24) is 14.8 Å². The molecule has 2 aromatic heterocycles. The number of aliphatic imine (C=N–C) groups is 1. The highest BCUT2D eigenvalue weighted by molar-refractivity contribution is 7.15. The summed E-state index contributed by atoms with van der Waals surface area (Å²) in [6.45, 7) is 6.84. The minimum Gasteiger partial charge on any atom is -0.497 e. The Balaban J connectivity index is 1.51. The van der Waals surface area contributed by atoms with E-state index in [2.05, 4.69) is 58.2 Å². The molecule has 0 spiro atoms. The lowest BCUT2D eigenvalue weighted by Crippen LogP contribution is -2.07. The van der Waals surface area contributed by atoms with Crippen LogP contribution in [0.1, 0.15) is 33.2 Å². The quantitative estimate of drug-likeness (QED) is 0.474. The van der Waals surface area contributed by atoms with Crippen LogP contribution < -0.4 is 10.1 Å². The first-order valence-corrected chi connectivity index (χ1v) is 10.9. The molecule has 7 heteroatoms. The molecule has 0 amide bonds. The Morgan fingerprint density at radius 1 is 1.00 bits per heavy atom. The fraction of sp³-hybridized carbons (Fsp3) is 0.208. The maximum atomic E-state index is 5.31. The summed E-state index contributed by atoms with van der Waals surface area (Å²) in [6.07, 6.45) is 0. The largest absolute Gasteiger partial charge is 0.497 e. The Bertz CT molecular complexity index is 1300. The molecule has 0 unspecified atom stereocenters. The van der Waals surface area contributed by atoms with Crippen LogP contribution in [0.25, 0.3) is 5.00 Å². The summed E-state index contributed by atoms with van der Waals surface area (Å²) in [5, 5.41) is 13.2. The molecule has 4 aromatic rings. The smallest absolute Gasteiger partial charge is 0.160 e. The zero-order chi connectivity index (χ0) is 21.5. The van der Waals surface area contributed by atoms with Crippen LogP contribution in [0, 0.1) is 20.8 Å². The van der Waals surface area contributed by atoms with Crippen molar-refractivity contribution in [3.8, 4) is 10.8 Å². The van der Waals surface area contributed by atoms with E-state index in [1.165, 1.54) is 16.0 Å². The van der Waals surface area contributed by atoms with Gasteiger partial charge in [-0.3, -0.25) is 9.56 Å². The van der Waals surface area contributed by atoms with Gasteiger partial charge in [0.25, 0.3) is 0 Å². The van der Waals surface area contributed by atoms with Gasteiger partial charge in [0.05, 0.1) is 12.8 Å². The lowest BCUT2D eigenvalue weighted by molar-refractivity contribution is 0.415. The van der Waals surface area contributed by atoms with Crippen molar-refractivity contribution in [3.63, 3.8) is 0 Å². The van der Waals surface area contributed by atoms with Crippen molar-refractivity contribution in [2.24, 2.45) is 4.99 Å². The molecular formula is C24H23N5OS. The second-order valence-electron chi connectivity index (χ2n) is 7.56. The number of fused-ring (bicyclic) bond motifs is 3. The molecule has 2 aromatic carbocycles. The number of hydrogen-bond acceptors (Lipinski definition) is 6. The summed E-state index contributed by atoms with van der Waals surface area (Å²) >= 11 is 1.78. The van der Waals surface area contributed by atoms with Crippen molar-refractivity contribution < 1.29 is 4.74 Å². The van der Waals surface area contributed by atoms with E-state index in [1.807, 2.05) is 31.2 Å². The summed E-state index contributed by atoms with van der Waals surface area (Å²) in [4.78, 5) is 6.25. The van der Waals surface area contributed by atoms with Crippen LogP contribution in [0.15, 0.2) is 53.5 Å². The van der Waals surface area contributed by atoms with Crippen molar-refractivity contribution in [1.29, 1.82) is 0 Å². The van der Waals surface area contributed by atoms with E-state index in [-0.39, 0.29) is 0 Å². The molecule has 0 bridgehead atoms. The summed E-state index contributed by atoms with van der Waals surface area (Å²) < 4.78 is 7.46. The first-order chi connectivity index (χ1) is 15.0. The summed E-state index contributed by atoms with van der Waals surface area (Å²) in [5.41, 5.74) is 6.54. The van der Waals surface area contributed by atoms with Gasteiger partial charge in [-0.25, -0.2) is 0 Å². The molecule has 1 N–H and O–H groups in total. The predicted molar refractivity (Wildman–Crippen MR) is 126 cm³/mol. The normalized spacial score (nSPS) is 12.6. The van der Waals surface area contributed by atoms with Crippen LogP contribution in [0.2, 0.25) is 0 Å². The van der Waals surface area contributed by atoms with E-state index in [4.69, 9.17) is 9.73 Å². The van der Waals surface area contributed by atoms with E-state index in [1.54, 1.807) is 18.4 Å². The van der Waals surface area contributed by atoms with E-state index in [0.29, 0.717) is 6.54 Å². The molecular weight excluding hydrogens is 406 g/mol. The Morgan fingerprint density at radius 2 is 1.81 bits per heavy atom. The molecule has 1 aliphatic heterocycles. The lowest BCUT2D eigenvalue weighted by atomic mass is 9.99. The monoisotopic (exact) mass is 429 g/mol. The number of anilines is 2. The minimum absolute atomic E-state index is 0.514. The zero-order valence-electron chi connectivity index (χ0n) is 17.9. The highest BCUT2D eigenvalue weighted by Crippen LogP contribution is 2.36. The Hall–Kier alpha value is -3.45. The zero-order valence-corrected chi connectivity index (χ0v) is 18.7. The minimum atomic E-state index is 0.514. The molecule has 0 atom stereocenters. The molecule has 0 aliphatic carbocycles. The molecule has 0 fully saturated rings. The van der Waals surface area contributed by atoms with Crippen LogP contribution >= 0.6 is 11.3 Å². The van der Waals surface area contributed by atoms with E-state index < -0.39 is 0 Å². The molecule has 0 radical (unpaired) electrons. The molecule has 0 saturated carbocycles. The number of nitrogens with zero attached hydrogens (tertiary/aromatic N) is 4. The maximum absolute atomic E-state index is 5.31. The average molecular weight is 430 g/mol. The topological polar surface area (TPSA) is 64.3 Å². The fourth-order valence-corrected chi connectivity index (χ4v) is 5.09. The van der Waals surface area contributed by atoms with Gasteiger partial charge in [-0.2, -0.15) is 0 Å². The van der Waals surface area contributed by atoms with Crippen LogP contribution in [-0.4, -0.2) is 27.6 Å². The average Bonchev–Trinajstić information content (AvgIpc) is 3.23. The van der Waals surface area contributed by atoms with Gasteiger partial charge < -0.3 is 10.1 Å². The van der Waals surface area contributed by atoms with Gasteiger partial charge in [0.2, 0.25) is 0 Å². The summed E-state index contributed by atoms with van der Waals surface area (Å²) in [7, 11) is 1.67. The van der Waals surface area contributed by atoms with Gasteiger partial charge in [-0.05, 0) is 50.6 Å². The second-order valence-corrected chi connectivity index (χ2v) is 8.76. The van der Waals surface area contributed by atoms with Crippen molar-refractivity contribution in [2.75, 3.05) is 12.4 Å². The maximum Gasteiger partial charge on any atom is 0.160 e. The Kier molecular flexibility index (Phi) is 4.82. The number of methoxy groups -OCH3 is 1. The number of aryl methyl sites for hydroxylation is 2. The summed E-state index contributed by atoms with van der Waals surface area (Å²) in [5.74, 6) is 2.60. The van der Waals surface area contributed by atoms with Crippen molar-refractivity contribution >= 4 is 28.4 Å². The number of nitrogens with one attached hydrogen (secondary N) is 1. The number of benzene rings is 2. The molecule has 1 aliphatic rings. The number of thiophene rings is 1. The number of aromatic nitrogens is 3. The third kappa shape index (κ3) is 3.41. The Labute approximate surface area is 185 Å². The van der Waals surface area contributed by atoms with Crippen LogP contribution in [0.3, 0.4) is 0 Å². The molecule has 3 heterocycles. The lowest BCUT2D eigenvalue weighted by Gasteiger charge is -2.11. The molecule has 0 saturated heterocycles. The third-order valence-corrected chi connectivity index (χ3v) is 6.79. The first-order valence-electron chi connectivity index (χ1n) is 10.1.